The normalized spacial score (nSPS) is 20.4. The Bertz CT molecular complexity index is 287. The summed E-state index contributed by atoms with van der Waals surface area (Å²) in [6, 6.07) is 11.0. The third kappa shape index (κ3) is 1.40. The van der Waals surface area contributed by atoms with Crippen LogP contribution in [0.25, 0.3) is 0 Å². The van der Waals surface area contributed by atoms with E-state index in [1.165, 1.54) is 24.1 Å². The van der Waals surface area contributed by atoms with Crippen molar-refractivity contribution in [2.75, 3.05) is 0 Å². The number of nitrogens with zero attached hydrogens (tertiary/aromatic N) is 1. The number of benzene rings is 1. The molecule has 0 fully saturated rings. The van der Waals surface area contributed by atoms with E-state index in [0.717, 1.165) is 0 Å². The molecule has 0 saturated carbocycles. The zero-order valence-corrected chi connectivity index (χ0v) is 7.33. The lowest BCUT2D eigenvalue weighted by Crippen LogP contribution is -1.97. The van der Waals surface area contributed by atoms with Crippen molar-refractivity contribution in [3.05, 3.63) is 35.9 Å². The molecule has 0 bridgehead atoms. The second kappa shape index (κ2) is 3.10. The zero-order valence-electron chi connectivity index (χ0n) is 7.33. The van der Waals surface area contributed by atoms with Gasteiger partial charge < -0.3 is 0 Å². The second-order valence-electron chi connectivity index (χ2n) is 3.18. The molecule has 62 valence electrons. The summed E-state index contributed by atoms with van der Waals surface area (Å²) in [6.07, 6.45) is 2.44. The molecule has 0 spiro atoms. The summed E-state index contributed by atoms with van der Waals surface area (Å²) in [7, 11) is 0. The highest BCUT2D eigenvalue weighted by Gasteiger charge is 2.26. The van der Waals surface area contributed by atoms with Crippen molar-refractivity contribution in [1.29, 1.82) is 0 Å². The van der Waals surface area contributed by atoms with Gasteiger partial charge in [-0.15, -0.1) is 0 Å². The van der Waals surface area contributed by atoms with E-state index < -0.39 is 0 Å². The van der Waals surface area contributed by atoms with Gasteiger partial charge >= 0.3 is 0 Å². The van der Waals surface area contributed by atoms with Crippen LogP contribution in [0.5, 0.6) is 0 Å². The molecular weight excluding hydrogens is 146 g/mol. The molecule has 1 nitrogen and oxygen atoms in total. The Hall–Kier alpha value is -1.11. The van der Waals surface area contributed by atoms with E-state index in [2.05, 4.69) is 36.2 Å². The first kappa shape index (κ1) is 7.53. The molecule has 0 radical (unpaired) electrons. The molecular formula is C11H13N. The third-order valence-electron chi connectivity index (χ3n) is 2.17. The average Bonchev–Trinajstić information content (AvgIpc) is 2.87. The molecule has 1 atom stereocenters. The van der Waals surface area contributed by atoms with Gasteiger partial charge in [-0.25, -0.2) is 0 Å². The summed E-state index contributed by atoms with van der Waals surface area (Å²) in [5.74, 6) is 0. The van der Waals surface area contributed by atoms with Gasteiger partial charge in [0.25, 0.3) is 0 Å². The molecule has 1 unspecified atom stereocenters. The molecule has 1 aromatic carbocycles. The van der Waals surface area contributed by atoms with Crippen molar-refractivity contribution in [3.63, 3.8) is 0 Å². The standard InChI is InChI=1S/C11H13N/c1-2-6-10-11(12-10)9-7-4-3-5-8-9/h3-5,7-8,10H,2,6H2,1H3. The maximum absolute atomic E-state index is 4.43. The fourth-order valence-electron chi connectivity index (χ4n) is 1.48. The van der Waals surface area contributed by atoms with Gasteiger partial charge in [-0.1, -0.05) is 43.7 Å². The van der Waals surface area contributed by atoms with Crippen LogP contribution in [0.4, 0.5) is 0 Å². The van der Waals surface area contributed by atoms with E-state index in [1.807, 2.05) is 6.07 Å². The molecule has 12 heavy (non-hydrogen) atoms. The Kier molecular flexibility index (Phi) is 1.94. The SMILES string of the molecule is CCCC1N=C1c1ccccc1. The molecule has 1 aromatic rings. The molecule has 0 N–H and O–H groups in total. The van der Waals surface area contributed by atoms with E-state index in [9.17, 15) is 0 Å². The summed E-state index contributed by atoms with van der Waals surface area (Å²) < 4.78 is 0. The van der Waals surface area contributed by atoms with Crippen LogP contribution in [0.15, 0.2) is 35.3 Å². The molecule has 1 aliphatic rings. The smallest absolute Gasteiger partial charge is 0.0925 e. The van der Waals surface area contributed by atoms with Gasteiger partial charge in [0, 0.05) is 0 Å². The van der Waals surface area contributed by atoms with Gasteiger partial charge in [-0.3, -0.25) is 4.99 Å². The maximum atomic E-state index is 4.43. The minimum absolute atomic E-state index is 0.539. The molecule has 0 aromatic heterocycles. The molecule has 2 rings (SSSR count). The van der Waals surface area contributed by atoms with Crippen LogP contribution in [-0.2, 0) is 0 Å². The summed E-state index contributed by atoms with van der Waals surface area (Å²) in [5.41, 5.74) is 2.61. The lowest BCUT2D eigenvalue weighted by Gasteiger charge is -1.93. The lowest BCUT2D eigenvalue weighted by molar-refractivity contribution is 0.797. The van der Waals surface area contributed by atoms with E-state index >= 15 is 0 Å². The largest absolute Gasteiger partial charge is 0.277 e. The number of rotatable bonds is 3. The van der Waals surface area contributed by atoms with Crippen molar-refractivity contribution < 1.29 is 0 Å². The Labute approximate surface area is 73.1 Å². The predicted octanol–water partition coefficient (Wildman–Crippen LogP) is 2.66. The topological polar surface area (TPSA) is 12.4 Å². The fourth-order valence-corrected chi connectivity index (χ4v) is 1.48. The van der Waals surface area contributed by atoms with Crippen molar-refractivity contribution in [1.82, 2.24) is 0 Å². The first-order valence-corrected chi connectivity index (χ1v) is 4.55. The van der Waals surface area contributed by atoms with Crippen molar-refractivity contribution in [3.8, 4) is 0 Å². The maximum Gasteiger partial charge on any atom is 0.0925 e. The summed E-state index contributed by atoms with van der Waals surface area (Å²) in [6.45, 7) is 2.20. The molecule has 0 saturated heterocycles. The molecule has 1 heteroatoms. The average molecular weight is 159 g/mol. The van der Waals surface area contributed by atoms with Crippen LogP contribution in [0.3, 0.4) is 0 Å². The Balaban J connectivity index is 2.02. The van der Waals surface area contributed by atoms with Crippen LogP contribution in [-0.4, -0.2) is 11.8 Å². The van der Waals surface area contributed by atoms with Crippen LogP contribution >= 0.6 is 0 Å². The lowest BCUT2D eigenvalue weighted by atomic mass is 10.1. The van der Waals surface area contributed by atoms with E-state index in [1.54, 1.807) is 0 Å². The van der Waals surface area contributed by atoms with Gasteiger partial charge in [0.05, 0.1) is 11.8 Å². The van der Waals surface area contributed by atoms with Crippen molar-refractivity contribution in [2.45, 2.75) is 25.8 Å². The van der Waals surface area contributed by atoms with Gasteiger partial charge in [0.1, 0.15) is 0 Å². The molecule has 1 heterocycles. The zero-order chi connectivity index (χ0) is 8.39. The molecule has 0 amide bonds. The van der Waals surface area contributed by atoms with Crippen molar-refractivity contribution >= 4 is 5.71 Å². The number of hydrogen-bond donors (Lipinski definition) is 0. The Morgan fingerprint density at radius 3 is 2.67 bits per heavy atom. The first-order chi connectivity index (χ1) is 5.92. The quantitative estimate of drug-likeness (QED) is 0.643. The highest BCUT2D eigenvalue weighted by molar-refractivity contribution is 6.13. The first-order valence-electron chi connectivity index (χ1n) is 4.55. The molecule has 0 aliphatic carbocycles. The van der Waals surface area contributed by atoms with Crippen molar-refractivity contribution in [2.24, 2.45) is 4.99 Å². The van der Waals surface area contributed by atoms with Crippen LogP contribution < -0.4 is 0 Å². The van der Waals surface area contributed by atoms with E-state index in [0.29, 0.717) is 6.04 Å². The Morgan fingerprint density at radius 1 is 1.25 bits per heavy atom. The van der Waals surface area contributed by atoms with Gasteiger partial charge in [0.15, 0.2) is 0 Å². The van der Waals surface area contributed by atoms with E-state index in [-0.39, 0.29) is 0 Å². The second-order valence-corrected chi connectivity index (χ2v) is 3.18. The summed E-state index contributed by atoms with van der Waals surface area (Å²) >= 11 is 0. The highest BCUT2D eigenvalue weighted by Crippen LogP contribution is 2.23. The fraction of sp³-hybridized carbons (Fsp3) is 0.364. The third-order valence-corrected chi connectivity index (χ3v) is 2.17. The van der Waals surface area contributed by atoms with Crippen LogP contribution in [0, 0.1) is 0 Å². The van der Waals surface area contributed by atoms with Crippen LogP contribution in [0.2, 0.25) is 0 Å². The minimum Gasteiger partial charge on any atom is -0.277 e. The Morgan fingerprint density at radius 2 is 2.00 bits per heavy atom. The van der Waals surface area contributed by atoms with Gasteiger partial charge in [0.2, 0.25) is 0 Å². The summed E-state index contributed by atoms with van der Waals surface area (Å²) in [4.78, 5) is 4.43. The summed E-state index contributed by atoms with van der Waals surface area (Å²) in [5, 5.41) is 0. The molecule has 1 aliphatic heterocycles. The van der Waals surface area contributed by atoms with Gasteiger partial charge in [-0.2, -0.15) is 0 Å². The number of hydrogen-bond acceptors (Lipinski definition) is 1. The minimum atomic E-state index is 0.539. The van der Waals surface area contributed by atoms with E-state index in [4.69, 9.17) is 0 Å². The number of aliphatic imine (C=N–C) groups is 1. The van der Waals surface area contributed by atoms with Crippen LogP contribution in [0.1, 0.15) is 25.3 Å². The highest BCUT2D eigenvalue weighted by atomic mass is 15.0. The monoisotopic (exact) mass is 159 g/mol. The van der Waals surface area contributed by atoms with Gasteiger partial charge in [-0.05, 0) is 12.0 Å². The predicted molar refractivity (Wildman–Crippen MR) is 51.7 cm³/mol.